The molecule has 3 amide bonds. The van der Waals surface area contributed by atoms with Crippen LogP contribution in [0.1, 0.15) is 28.7 Å². The molecule has 3 aromatic rings. The molecular weight excluding hydrogens is 442 g/mol. The van der Waals surface area contributed by atoms with Crippen molar-refractivity contribution in [2.75, 3.05) is 29.2 Å². The summed E-state index contributed by atoms with van der Waals surface area (Å²) in [5.74, 6) is -0.690. The van der Waals surface area contributed by atoms with Crippen molar-refractivity contribution in [2.24, 2.45) is 5.92 Å². The van der Waals surface area contributed by atoms with Crippen LogP contribution in [-0.4, -0.2) is 41.6 Å². The number of rotatable bonds is 7. The maximum absolute atomic E-state index is 13.0. The highest BCUT2D eigenvalue weighted by Crippen LogP contribution is 2.28. The third kappa shape index (κ3) is 5.01. The zero-order valence-electron chi connectivity index (χ0n) is 18.2. The summed E-state index contributed by atoms with van der Waals surface area (Å²) in [7, 11) is 1.57. The Balaban J connectivity index is 1.44. The van der Waals surface area contributed by atoms with Gasteiger partial charge in [-0.3, -0.25) is 19.7 Å². The molecule has 0 spiro atoms. The lowest BCUT2D eigenvalue weighted by Gasteiger charge is -2.17. The molecule has 0 saturated carbocycles. The standard InChI is InChI=1S/C23H23N5O4S/c1-3-19-26-27-23(33-19)25-22(31)17-6-4-5-7-18(17)24-21(30)14-12-20(29)28(13-14)15-8-10-16(32-2)11-9-15/h4-11,14H,3,12-13H2,1-2H3,(H,24,30)(H,25,27,31). The summed E-state index contributed by atoms with van der Waals surface area (Å²) in [5.41, 5.74) is 1.38. The van der Waals surface area contributed by atoms with E-state index in [0.717, 1.165) is 11.4 Å². The number of methoxy groups -OCH3 is 1. The SMILES string of the molecule is CCc1nnc(NC(=O)c2ccccc2NC(=O)C2CC(=O)N(c3ccc(OC)cc3)C2)s1. The number of amides is 3. The lowest BCUT2D eigenvalue weighted by molar-refractivity contribution is -0.122. The molecule has 9 nitrogen and oxygen atoms in total. The number of nitrogens with one attached hydrogen (secondary N) is 2. The molecule has 1 aliphatic heterocycles. The third-order valence-electron chi connectivity index (χ3n) is 5.30. The first kappa shape index (κ1) is 22.4. The van der Waals surface area contributed by atoms with E-state index < -0.39 is 11.8 Å². The van der Waals surface area contributed by atoms with Gasteiger partial charge in [0.1, 0.15) is 10.8 Å². The Morgan fingerprint density at radius 3 is 2.58 bits per heavy atom. The van der Waals surface area contributed by atoms with E-state index in [2.05, 4.69) is 20.8 Å². The molecule has 1 aliphatic rings. The summed E-state index contributed by atoms with van der Waals surface area (Å²) >= 11 is 1.30. The number of anilines is 3. The molecular formula is C23H23N5O4S. The lowest BCUT2D eigenvalue weighted by atomic mass is 10.1. The number of ether oxygens (including phenoxy) is 1. The van der Waals surface area contributed by atoms with Gasteiger partial charge in [-0.2, -0.15) is 0 Å². The van der Waals surface area contributed by atoms with E-state index in [9.17, 15) is 14.4 Å². The van der Waals surface area contributed by atoms with Gasteiger partial charge in [0.25, 0.3) is 5.91 Å². The topological polar surface area (TPSA) is 114 Å². The van der Waals surface area contributed by atoms with Crippen molar-refractivity contribution < 1.29 is 19.1 Å². The molecule has 0 bridgehead atoms. The number of hydrogen-bond acceptors (Lipinski definition) is 7. The highest BCUT2D eigenvalue weighted by atomic mass is 32.1. The second-order valence-corrected chi connectivity index (χ2v) is 8.51. The number of carbonyl (C=O) groups excluding carboxylic acids is 3. The molecule has 2 aromatic carbocycles. The molecule has 1 unspecified atom stereocenters. The van der Waals surface area contributed by atoms with Crippen LogP contribution in [0.5, 0.6) is 5.75 Å². The normalized spacial score (nSPS) is 15.4. The van der Waals surface area contributed by atoms with Gasteiger partial charge in [-0.25, -0.2) is 0 Å². The van der Waals surface area contributed by atoms with Crippen LogP contribution in [0.3, 0.4) is 0 Å². The smallest absolute Gasteiger partial charge is 0.259 e. The largest absolute Gasteiger partial charge is 0.497 e. The second kappa shape index (κ2) is 9.78. The average molecular weight is 466 g/mol. The molecule has 1 atom stereocenters. The zero-order chi connectivity index (χ0) is 23.4. The van der Waals surface area contributed by atoms with Gasteiger partial charge in [-0.15, -0.1) is 10.2 Å². The van der Waals surface area contributed by atoms with Crippen LogP contribution in [0, 0.1) is 5.92 Å². The summed E-state index contributed by atoms with van der Waals surface area (Å²) in [5, 5.41) is 14.7. The Labute approximate surface area is 194 Å². The fourth-order valence-electron chi connectivity index (χ4n) is 3.53. The van der Waals surface area contributed by atoms with Gasteiger partial charge < -0.3 is 15.0 Å². The number of carbonyl (C=O) groups is 3. The summed E-state index contributed by atoms with van der Waals surface area (Å²) in [6.07, 6.45) is 0.824. The lowest BCUT2D eigenvalue weighted by Crippen LogP contribution is -2.28. The summed E-state index contributed by atoms with van der Waals surface area (Å²) in [6, 6.07) is 13.8. The summed E-state index contributed by atoms with van der Waals surface area (Å²) in [6.45, 7) is 2.22. The maximum Gasteiger partial charge on any atom is 0.259 e. The number of aromatic nitrogens is 2. The summed E-state index contributed by atoms with van der Waals surface area (Å²) < 4.78 is 5.15. The van der Waals surface area contributed by atoms with Crippen molar-refractivity contribution in [1.29, 1.82) is 0 Å². The molecule has 1 aromatic heterocycles. The number of hydrogen-bond donors (Lipinski definition) is 2. The predicted octanol–water partition coefficient (Wildman–Crippen LogP) is 3.35. The minimum absolute atomic E-state index is 0.0941. The van der Waals surface area contributed by atoms with Crippen LogP contribution < -0.4 is 20.3 Å². The van der Waals surface area contributed by atoms with Crippen LogP contribution >= 0.6 is 11.3 Å². The molecule has 0 radical (unpaired) electrons. The minimum Gasteiger partial charge on any atom is -0.497 e. The van der Waals surface area contributed by atoms with Gasteiger partial charge in [0, 0.05) is 18.7 Å². The van der Waals surface area contributed by atoms with Gasteiger partial charge in [-0.05, 0) is 42.8 Å². The van der Waals surface area contributed by atoms with Crippen molar-refractivity contribution in [3.63, 3.8) is 0 Å². The van der Waals surface area contributed by atoms with E-state index in [-0.39, 0.29) is 24.8 Å². The maximum atomic E-state index is 13.0. The number of aryl methyl sites for hydroxylation is 1. The Bertz CT molecular complexity index is 1180. The van der Waals surface area contributed by atoms with E-state index >= 15 is 0 Å². The molecule has 33 heavy (non-hydrogen) atoms. The van der Waals surface area contributed by atoms with Crippen LogP contribution in [-0.2, 0) is 16.0 Å². The van der Waals surface area contributed by atoms with Gasteiger partial charge in [0.15, 0.2) is 0 Å². The molecule has 2 N–H and O–H groups in total. The average Bonchev–Trinajstić information content (AvgIpc) is 3.45. The van der Waals surface area contributed by atoms with E-state index in [1.54, 1.807) is 60.5 Å². The fraction of sp³-hybridized carbons (Fsp3) is 0.261. The number of benzene rings is 2. The second-order valence-electron chi connectivity index (χ2n) is 7.45. The number of para-hydroxylation sites is 1. The molecule has 2 heterocycles. The van der Waals surface area contributed by atoms with Gasteiger partial charge in [0.2, 0.25) is 16.9 Å². The molecule has 10 heteroatoms. The first-order chi connectivity index (χ1) is 16.0. The monoisotopic (exact) mass is 465 g/mol. The molecule has 0 aliphatic carbocycles. The van der Waals surface area contributed by atoms with E-state index in [4.69, 9.17) is 4.74 Å². The Hall–Kier alpha value is -3.79. The summed E-state index contributed by atoms with van der Waals surface area (Å²) in [4.78, 5) is 39.9. The Kier molecular flexibility index (Phi) is 6.64. The Morgan fingerprint density at radius 1 is 1.12 bits per heavy atom. The van der Waals surface area contributed by atoms with Crippen LogP contribution in [0.25, 0.3) is 0 Å². The van der Waals surface area contributed by atoms with Gasteiger partial charge in [0.05, 0.1) is 24.3 Å². The first-order valence-electron chi connectivity index (χ1n) is 10.5. The fourth-order valence-corrected chi connectivity index (χ4v) is 4.21. The molecule has 170 valence electrons. The molecule has 1 saturated heterocycles. The zero-order valence-corrected chi connectivity index (χ0v) is 19.0. The van der Waals surface area contributed by atoms with Crippen molar-refractivity contribution in [3.8, 4) is 5.75 Å². The van der Waals surface area contributed by atoms with E-state index in [1.165, 1.54) is 11.3 Å². The van der Waals surface area contributed by atoms with Gasteiger partial charge in [-0.1, -0.05) is 30.4 Å². The quantitative estimate of drug-likeness (QED) is 0.553. The highest BCUT2D eigenvalue weighted by molar-refractivity contribution is 7.15. The van der Waals surface area contributed by atoms with Gasteiger partial charge >= 0.3 is 0 Å². The molecule has 1 fully saturated rings. The van der Waals surface area contributed by atoms with Crippen LogP contribution in [0.2, 0.25) is 0 Å². The van der Waals surface area contributed by atoms with Crippen molar-refractivity contribution in [1.82, 2.24) is 10.2 Å². The van der Waals surface area contributed by atoms with Crippen molar-refractivity contribution in [3.05, 3.63) is 59.1 Å². The van der Waals surface area contributed by atoms with E-state index in [1.807, 2.05) is 6.92 Å². The predicted molar refractivity (Wildman–Crippen MR) is 126 cm³/mol. The first-order valence-corrected chi connectivity index (χ1v) is 11.3. The van der Waals surface area contributed by atoms with Crippen LogP contribution in [0.4, 0.5) is 16.5 Å². The Morgan fingerprint density at radius 2 is 1.88 bits per heavy atom. The van der Waals surface area contributed by atoms with Crippen molar-refractivity contribution >= 4 is 45.6 Å². The highest BCUT2D eigenvalue weighted by Gasteiger charge is 2.35. The minimum atomic E-state index is -0.536. The van der Waals surface area contributed by atoms with Crippen molar-refractivity contribution in [2.45, 2.75) is 19.8 Å². The number of nitrogens with zero attached hydrogens (tertiary/aromatic N) is 3. The molecule has 4 rings (SSSR count). The van der Waals surface area contributed by atoms with Crippen LogP contribution in [0.15, 0.2) is 48.5 Å². The van der Waals surface area contributed by atoms with E-state index in [0.29, 0.717) is 27.8 Å². The third-order valence-corrected chi connectivity index (χ3v) is 6.28.